The predicted molar refractivity (Wildman–Crippen MR) is 93.6 cm³/mol. The number of halogens is 1. The third-order valence-electron chi connectivity index (χ3n) is 4.00. The number of benzene rings is 2. The van der Waals surface area contributed by atoms with E-state index < -0.39 is 6.10 Å². The lowest BCUT2D eigenvalue weighted by Crippen LogP contribution is -2.39. The number of hydrogen-bond acceptors (Lipinski definition) is 2. The first-order valence-corrected chi connectivity index (χ1v) is 8.20. The van der Waals surface area contributed by atoms with Crippen LogP contribution < -0.4 is 10.1 Å². The molecule has 0 unspecified atom stereocenters. The van der Waals surface area contributed by atoms with Gasteiger partial charge in [-0.3, -0.25) is 4.79 Å². The molecule has 1 amide bonds. The average molecular weight is 329 g/mol. The van der Waals surface area contributed by atoms with Gasteiger partial charge in [-0.15, -0.1) is 0 Å². The second-order valence-corrected chi connectivity index (χ2v) is 6.07. The molecule has 0 saturated heterocycles. The minimum absolute atomic E-state index is 0.171. The maximum absolute atomic E-state index is 13.0. The quantitative estimate of drug-likeness (QED) is 0.849. The summed E-state index contributed by atoms with van der Waals surface area (Å²) in [5, 5.41) is 2.93. The zero-order valence-corrected chi connectivity index (χ0v) is 14.6. The Morgan fingerprint density at radius 3 is 2.46 bits per heavy atom. The van der Waals surface area contributed by atoms with Crippen molar-refractivity contribution < 1.29 is 13.9 Å². The van der Waals surface area contributed by atoms with Crippen LogP contribution in [0.15, 0.2) is 42.5 Å². The first kappa shape index (κ1) is 18.0. The molecule has 1 N–H and O–H groups in total. The van der Waals surface area contributed by atoms with Gasteiger partial charge in [0.25, 0.3) is 5.91 Å². The van der Waals surface area contributed by atoms with E-state index in [1.807, 2.05) is 45.9 Å². The van der Waals surface area contributed by atoms with E-state index in [1.54, 1.807) is 12.1 Å². The second-order valence-electron chi connectivity index (χ2n) is 6.07. The highest BCUT2D eigenvalue weighted by atomic mass is 19.1. The van der Waals surface area contributed by atoms with Crippen molar-refractivity contribution in [2.75, 3.05) is 0 Å². The molecule has 2 atom stereocenters. The van der Waals surface area contributed by atoms with Crippen LogP contribution in [0.1, 0.15) is 43.0 Å². The summed E-state index contributed by atoms with van der Waals surface area (Å²) in [7, 11) is 0. The van der Waals surface area contributed by atoms with Gasteiger partial charge in [0.15, 0.2) is 6.10 Å². The fraction of sp³-hybridized carbons (Fsp3) is 0.350. The second kappa shape index (κ2) is 7.95. The Bertz CT molecular complexity index is 697. The summed E-state index contributed by atoms with van der Waals surface area (Å²) in [5.41, 5.74) is 2.94. The van der Waals surface area contributed by atoms with Crippen molar-refractivity contribution in [3.8, 4) is 5.75 Å². The Morgan fingerprint density at radius 1 is 1.17 bits per heavy atom. The van der Waals surface area contributed by atoms with Crippen molar-refractivity contribution >= 4 is 5.91 Å². The molecule has 0 aliphatic carbocycles. The van der Waals surface area contributed by atoms with Crippen molar-refractivity contribution in [3.63, 3.8) is 0 Å². The van der Waals surface area contributed by atoms with E-state index in [0.29, 0.717) is 6.42 Å². The van der Waals surface area contributed by atoms with E-state index in [9.17, 15) is 9.18 Å². The third kappa shape index (κ3) is 4.57. The molecule has 0 aromatic heterocycles. The number of hydrogen-bond donors (Lipinski definition) is 1. The smallest absolute Gasteiger partial charge is 0.261 e. The monoisotopic (exact) mass is 329 g/mol. The Balaban J connectivity index is 2.05. The van der Waals surface area contributed by atoms with Crippen LogP contribution in [0.3, 0.4) is 0 Å². The average Bonchev–Trinajstić information content (AvgIpc) is 2.56. The first-order chi connectivity index (χ1) is 11.4. The maximum atomic E-state index is 13.0. The van der Waals surface area contributed by atoms with Gasteiger partial charge in [0, 0.05) is 0 Å². The van der Waals surface area contributed by atoms with Gasteiger partial charge in [0.05, 0.1) is 6.04 Å². The Hall–Kier alpha value is -2.36. The highest BCUT2D eigenvalue weighted by Gasteiger charge is 2.21. The minimum atomic E-state index is -0.562. The highest BCUT2D eigenvalue weighted by Crippen LogP contribution is 2.22. The predicted octanol–water partition coefficient (Wildman–Crippen LogP) is 4.48. The molecule has 0 heterocycles. The lowest BCUT2D eigenvalue weighted by atomic mass is 10.1. The maximum Gasteiger partial charge on any atom is 0.261 e. The molecule has 3 nitrogen and oxygen atoms in total. The molecule has 0 radical (unpaired) electrons. The van der Waals surface area contributed by atoms with Gasteiger partial charge in [0.1, 0.15) is 11.6 Å². The Labute approximate surface area is 142 Å². The number of carbonyl (C=O) groups excluding carboxylic acids is 1. The van der Waals surface area contributed by atoms with Crippen LogP contribution in [0, 0.1) is 19.7 Å². The van der Waals surface area contributed by atoms with E-state index in [0.717, 1.165) is 22.4 Å². The summed E-state index contributed by atoms with van der Waals surface area (Å²) < 4.78 is 18.9. The van der Waals surface area contributed by atoms with E-state index in [4.69, 9.17) is 4.74 Å². The molecule has 0 aliphatic rings. The standard InChI is InChI=1S/C20H24FNO2/c1-5-18(24-19-12-13(2)6-7-14(19)3)20(23)22-15(4)16-8-10-17(21)11-9-16/h6-12,15,18H,5H2,1-4H3,(H,22,23)/t15-,18-/m0/s1. The third-order valence-corrected chi connectivity index (χ3v) is 4.00. The molecule has 0 saturated carbocycles. The number of nitrogens with one attached hydrogen (secondary N) is 1. The van der Waals surface area contributed by atoms with Crippen LogP contribution in [0.2, 0.25) is 0 Å². The van der Waals surface area contributed by atoms with Gasteiger partial charge >= 0.3 is 0 Å². The molecule has 128 valence electrons. The highest BCUT2D eigenvalue weighted by molar-refractivity contribution is 5.81. The first-order valence-electron chi connectivity index (χ1n) is 8.20. The number of rotatable bonds is 6. The molecule has 24 heavy (non-hydrogen) atoms. The molecule has 2 aromatic rings. The van der Waals surface area contributed by atoms with Gasteiger partial charge in [-0.2, -0.15) is 0 Å². The number of amides is 1. The normalized spacial score (nSPS) is 13.2. The van der Waals surface area contributed by atoms with Crippen LogP contribution in [-0.2, 0) is 4.79 Å². The number of ether oxygens (including phenoxy) is 1. The van der Waals surface area contributed by atoms with E-state index in [2.05, 4.69) is 5.32 Å². The van der Waals surface area contributed by atoms with Crippen molar-refractivity contribution in [1.29, 1.82) is 0 Å². The minimum Gasteiger partial charge on any atom is -0.480 e. The summed E-state index contributed by atoms with van der Waals surface area (Å²) in [6.45, 7) is 7.73. The van der Waals surface area contributed by atoms with Crippen molar-refractivity contribution in [1.82, 2.24) is 5.32 Å². The molecular weight excluding hydrogens is 305 g/mol. The van der Waals surface area contributed by atoms with Crippen LogP contribution in [0.25, 0.3) is 0 Å². The molecule has 2 aromatic carbocycles. The molecular formula is C20H24FNO2. The molecule has 0 bridgehead atoms. The van der Waals surface area contributed by atoms with Gasteiger partial charge in [-0.25, -0.2) is 4.39 Å². The SMILES string of the molecule is CC[C@H](Oc1cc(C)ccc1C)C(=O)N[C@@H](C)c1ccc(F)cc1. The Kier molecular flexibility index (Phi) is 5.96. The lowest BCUT2D eigenvalue weighted by molar-refractivity contribution is -0.128. The van der Waals surface area contributed by atoms with Gasteiger partial charge in [-0.05, 0) is 62.1 Å². The van der Waals surface area contributed by atoms with Gasteiger partial charge in [-0.1, -0.05) is 31.2 Å². The topological polar surface area (TPSA) is 38.3 Å². The van der Waals surface area contributed by atoms with E-state index in [1.165, 1.54) is 12.1 Å². The summed E-state index contributed by atoms with van der Waals surface area (Å²) in [6, 6.07) is 11.9. The van der Waals surface area contributed by atoms with Crippen molar-refractivity contribution in [3.05, 3.63) is 65.0 Å². The Morgan fingerprint density at radius 2 is 1.83 bits per heavy atom. The molecule has 0 spiro atoms. The van der Waals surface area contributed by atoms with Crippen molar-refractivity contribution in [2.45, 2.75) is 46.3 Å². The molecule has 0 aliphatic heterocycles. The number of aryl methyl sites for hydroxylation is 2. The van der Waals surface area contributed by atoms with Gasteiger partial charge < -0.3 is 10.1 Å². The van der Waals surface area contributed by atoms with Crippen LogP contribution in [-0.4, -0.2) is 12.0 Å². The largest absolute Gasteiger partial charge is 0.480 e. The zero-order valence-electron chi connectivity index (χ0n) is 14.6. The fourth-order valence-corrected chi connectivity index (χ4v) is 2.45. The lowest BCUT2D eigenvalue weighted by Gasteiger charge is -2.22. The van der Waals surface area contributed by atoms with E-state index >= 15 is 0 Å². The van der Waals surface area contributed by atoms with Crippen LogP contribution in [0.5, 0.6) is 5.75 Å². The molecule has 0 fully saturated rings. The summed E-state index contributed by atoms with van der Waals surface area (Å²) in [6.07, 6.45) is 0.00317. The molecule has 2 rings (SSSR count). The zero-order chi connectivity index (χ0) is 17.7. The number of carbonyl (C=O) groups is 1. The summed E-state index contributed by atoms with van der Waals surface area (Å²) in [5.74, 6) is 0.267. The van der Waals surface area contributed by atoms with Crippen LogP contribution >= 0.6 is 0 Å². The van der Waals surface area contributed by atoms with Crippen molar-refractivity contribution in [2.24, 2.45) is 0 Å². The summed E-state index contributed by atoms with van der Waals surface area (Å²) >= 11 is 0. The fourth-order valence-electron chi connectivity index (χ4n) is 2.45. The van der Waals surface area contributed by atoms with Gasteiger partial charge in [0.2, 0.25) is 0 Å². The van der Waals surface area contributed by atoms with Crippen LogP contribution in [0.4, 0.5) is 4.39 Å². The summed E-state index contributed by atoms with van der Waals surface area (Å²) in [4.78, 5) is 12.5. The molecule has 4 heteroatoms. The van der Waals surface area contributed by atoms with E-state index in [-0.39, 0.29) is 17.8 Å².